The van der Waals surface area contributed by atoms with Crippen LogP contribution in [-0.2, 0) is 16.1 Å². The first-order valence-electron chi connectivity index (χ1n) is 5.22. The van der Waals surface area contributed by atoms with Gasteiger partial charge in [0.1, 0.15) is 0 Å². The summed E-state index contributed by atoms with van der Waals surface area (Å²) in [5, 5.41) is 0.213. The smallest absolute Gasteiger partial charge is 0.224 e. The number of thioether (sulfide) groups is 1. The van der Waals surface area contributed by atoms with E-state index in [0.29, 0.717) is 19.5 Å². The standard InChI is InChI=1S/C11H14N2O2S/c1-8(14)16-10-4-11(15)13(7-10)6-9-2-3-12-5-9/h2-3,5,10,12H,4,6-7H2,1H3. The van der Waals surface area contributed by atoms with Crippen LogP contribution in [0.25, 0.3) is 0 Å². The maximum absolute atomic E-state index is 11.7. The van der Waals surface area contributed by atoms with Gasteiger partial charge in [-0.15, -0.1) is 0 Å². The van der Waals surface area contributed by atoms with Crippen molar-refractivity contribution in [2.24, 2.45) is 0 Å². The molecule has 86 valence electrons. The van der Waals surface area contributed by atoms with Crippen LogP contribution in [0.15, 0.2) is 18.5 Å². The van der Waals surface area contributed by atoms with Crippen LogP contribution in [0.3, 0.4) is 0 Å². The molecule has 2 heterocycles. The highest BCUT2D eigenvalue weighted by Gasteiger charge is 2.30. The molecule has 0 spiro atoms. The summed E-state index contributed by atoms with van der Waals surface area (Å²) < 4.78 is 0. The van der Waals surface area contributed by atoms with Crippen molar-refractivity contribution in [2.75, 3.05) is 6.54 Å². The van der Waals surface area contributed by atoms with E-state index in [0.717, 1.165) is 5.56 Å². The number of amides is 1. The second kappa shape index (κ2) is 4.74. The van der Waals surface area contributed by atoms with Gasteiger partial charge in [-0.1, -0.05) is 11.8 Å². The molecule has 0 aliphatic carbocycles. The van der Waals surface area contributed by atoms with Gasteiger partial charge in [0.2, 0.25) is 5.91 Å². The first-order chi connectivity index (χ1) is 7.65. The maximum Gasteiger partial charge on any atom is 0.224 e. The van der Waals surface area contributed by atoms with Crippen molar-refractivity contribution >= 4 is 22.8 Å². The highest BCUT2D eigenvalue weighted by atomic mass is 32.2. The van der Waals surface area contributed by atoms with Gasteiger partial charge >= 0.3 is 0 Å². The van der Waals surface area contributed by atoms with E-state index in [-0.39, 0.29) is 16.3 Å². The third kappa shape index (κ3) is 2.66. The van der Waals surface area contributed by atoms with E-state index in [1.54, 1.807) is 6.92 Å². The Morgan fingerprint density at radius 2 is 2.50 bits per heavy atom. The van der Waals surface area contributed by atoms with Crippen molar-refractivity contribution < 1.29 is 9.59 Å². The van der Waals surface area contributed by atoms with Gasteiger partial charge in [0.15, 0.2) is 5.12 Å². The summed E-state index contributed by atoms with van der Waals surface area (Å²) in [6.07, 6.45) is 4.21. The average Bonchev–Trinajstić information content (AvgIpc) is 2.77. The van der Waals surface area contributed by atoms with Gasteiger partial charge in [0.05, 0.1) is 0 Å². The third-order valence-corrected chi connectivity index (χ3v) is 3.53. The zero-order valence-corrected chi connectivity index (χ0v) is 9.92. The number of hydrogen-bond donors (Lipinski definition) is 1. The Morgan fingerprint density at radius 1 is 1.69 bits per heavy atom. The number of carbonyl (C=O) groups is 2. The molecule has 1 fully saturated rings. The minimum absolute atomic E-state index is 0.0845. The van der Waals surface area contributed by atoms with E-state index in [1.165, 1.54) is 11.8 Å². The molecule has 1 atom stereocenters. The second-order valence-corrected chi connectivity index (χ2v) is 5.41. The molecule has 16 heavy (non-hydrogen) atoms. The molecule has 1 aliphatic heterocycles. The normalized spacial score (nSPS) is 20.4. The molecular weight excluding hydrogens is 224 g/mol. The molecule has 0 saturated carbocycles. The summed E-state index contributed by atoms with van der Waals surface area (Å²) in [4.78, 5) is 27.4. The summed E-state index contributed by atoms with van der Waals surface area (Å²) in [6, 6.07) is 1.96. The summed E-state index contributed by atoms with van der Waals surface area (Å²) in [5.74, 6) is 0.139. The van der Waals surface area contributed by atoms with Crippen LogP contribution in [0.4, 0.5) is 0 Å². The van der Waals surface area contributed by atoms with E-state index in [1.807, 2.05) is 23.4 Å². The van der Waals surface area contributed by atoms with Gasteiger partial charge in [-0.2, -0.15) is 0 Å². The number of likely N-dealkylation sites (tertiary alicyclic amines) is 1. The van der Waals surface area contributed by atoms with Gasteiger partial charge in [0.25, 0.3) is 0 Å². The summed E-state index contributed by atoms with van der Waals surface area (Å²) >= 11 is 1.27. The molecule has 1 amide bonds. The highest BCUT2D eigenvalue weighted by molar-refractivity contribution is 8.14. The average molecular weight is 238 g/mol. The van der Waals surface area contributed by atoms with Gasteiger partial charge in [-0.3, -0.25) is 9.59 Å². The lowest BCUT2D eigenvalue weighted by Gasteiger charge is -2.15. The minimum Gasteiger partial charge on any atom is -0.367 e. The van der Waals surface area contributed by atoms with E-state index >= 15 is 0 Å². The molecule has 1 unspecified atom stereocenters. The lowest BCUT2D eigenvalue weighted by Crippen LogP contribution is -2.24. The van der Waals surface area contributed by atoms with Crippen LogP contribution in [0.5, 0.6) is 0 Å². The van der Waals surface area contributed by atoms with Crippen molar-refractivity contribution in [3.05, 3.63) is 24.0 Å². The van der Waals surface area contributed by atoms with Gasteiger partial charge in [-0.05, 0) is 11.6 Å². The van der Waals surface area contributed by atoms with Crippen molar-refractivity contribution in [2.45, 2.75) is 25.1 Å². The van der Waals surface area contributed by atoms with E-state index < -0.39 is 0 Å². The Kier molecular flexibility index (Phi) is 3.33. The Hall–Kier alpha value is -1.23. The number of rotatable bonds is 3. The number of nitrogens with one attached hydrogen (secondary N) is 1. The first kappa shape index (κ1) is 11.3. The fraction of sp³-hybridized carbons (Fsp3) is 0.455. The van der Waals surface area contributed by atoms with Crippen LogP contribution >= 0.6 is 11.8 Å². The Bertz CT molecular complexity index is 389. The van der Waals surface area contributed by atoms with E-state index in [9.17, 15) is 9.59 Å². The third-order valence-electron chi connectivity index (χ3n) is 2.55. The molecule has 1 N–H and O–H groups in total. The molecule has 0 aromatic carbocycles. The molecule has 5 heteroatoms. The van der Waals surface area contributed by atoms with Gasteiger partial charge < -0.3 is 9.88 Å². The Balaban J connectivity index is 1.92. The number of hydrogen-bond acceptors (Lipinski definition) is 3. The van der Waals surface area contributed by atoms with Gasteiger partial charge in [0, 0.05) is 44.1 Å². The Morgan fingerprint density at radius 3 is 3.12 bits per heavy atom. The molecule has 2 rings (SSSR count). The lowest BCUT2D eigenvalue weighted by atomic mass is 10.3. The predicted molar refractivity (Wildman–Crippen MR) is 62.9 cm³/mol. The van der Waals surface area contributed by atoms with Gasteiger partial charge in [-0.25, -0.2) is 0 Å². The topological polar surface area (TPSA) is 53.2 Å². The van der Waals surface area contributed by atoms with Crippen molar-refractivity contribution in [1.82, 2.24) is 9.88 Å². The number of carbonyl (C=O) groups excluding carboxylic acids is 2. The molecule has 4 nitrogen and oxygen atoms in total. The molecular formula is C11H14N2O2S. The first-order valence-corrected chi connectivity index (χ1v) is 6.10. The summed E-state index contributed by atoms with van der Waals surface area (Å²) in [5.41, 5.74) is 1.10. The number of nitrogens with zero attached hydrogens (tertiary/aromatic N) is 1. The second-order valence-electron chi connectivity index (χ2n) is 3.93. The zero-order chi connectivity index (χ0) is 11.5. The summed E-state index contributed by atoms with van der Waals surface area (Å²) in [6.45, 7) is 2.86. The highest BCUT2D eigenvalue weighted by Crippen LogP contribution is 2.25. The SMILES string of the molecule is CC(=O)SC1CC(=O)N(Cc2cc[nH]c2)C1. The number of aromatic nitrogens is 1. The van der Waals surface area contributed by atoms with E-state index in [4.69, 9.17) is 0 Å². The minimum atomic E-state index is 0.0845. The quantitative estimate of drug-likeness (QED) is 0.866. The molecule has 0 radical (unpaired) electrons. The molecule has 1 aromatic heterocycles. The predicted octanol–water partition coefficient (Wildman–Crippen LogP) is 1.40. The molecule has 1 aliphatic rings. The lowest BCUT2D eigenvalue weighted by molar-refractivity contribution is -0.128. The van der Waals surface area contributed by atoms with E-state index in [2.05, 4.69) is 4.98 Å². The van der Waals surface area contributed by atoms with Crippen molar-refractivity contribution in [3.8, 4) is 0 Å². The molecule has 1 aromatic rings. The summed E-state index contributed by atoms with van der Waals surface area (Å²) in [7, 11) is 0. The van der Waals surface area contributed by atoms with Crippen molar-refractivity contribution in [1.29, 1.82) is 0 Å². The van der Waals surface area contributed by atoms with Crippen LogP contribution < -0.4 is 0 Å². The fourth-order valence-electron chi connectivity index (χ4n) is 1.88. The fourth-order valence-corrected chi connectivity index (χ4v) is 2.83. The maximum atomic E-state index is 11.7. The largest absolute Gasteiger partial charge is 0.367 e. The number of H-pyrrole nitrogens is 1. The molecule has 0 bridgehead atoms. The van der Waals surface area contributed by atoms with Crippen molar-refractivity contribution in [3.63, 3.8) is 0 Å². The van der Waals surface area contributed by atoms with Crippen LogP contribution in [0, 0.1) is 0 Å². The zero-order valence-electron chi connectivity index (χ0n) is 9.10. The Labute approximate surface area is 98.4 Å². The van der Waals surface area contributed by atoms with Crippen LogP contribution in [0.1, 0.15) is 18.9 Å². The molecule has 1 saturated heterocycles. The van der Waals surface area contributed by atoms with Crippen LogP contribution in [-0.4, -0.2) is 32.7 Å². The number of aromatic amines is 1. The van der Waals surface area contributed by atoms with Crippen LogP contribution in [0.2, 0.25) is 0 Å². The monoisotopic (exact) mass is 238 g/mol.